The van der Waals surface area contributed by atoms with Crippen LogP contribution in [0.15, 0.2) is 54.7 Å². The van der Waals surface area contributed by atoms with Crippen LogP contribution in [-0.4, -0.2) is 62.7 Å². The highest BCUT2D eigenvalue weighted by Crippen LogP contribution is 2.34. The van der Waals surface area contributed by atoms with Crippen LogP contribution < -0.4 is 0 Å². The van der Waals surface area contributed by atoms with Crippen LogP contribution in [0, 0.1) is 0 Å². The molecular weight excluding hydrogens is 461 g/mol. The van der Waals surface area contributed by atoms with Crippen LogP contribution in [0.5, 0.6) is 5.75 Å². The minimum Gasteiger partial charge on any atom is -0.507 e. The lowest BCUT2D eigenvalue weighted by molar-refractivity contribution is -0.143. The Morgan fingerprint density at radius 1 is 0.909 bits per heavy atom. The number of aromatic nitrogens is 2. The van der Waals surface area contributed by atoms with Gasteiger partial charge in [-0.1, -0.05) is 29.8 Å². The van der Waals surface area contributed by atoms with Crippen LogP contribution in [0.3, 0.4) is 0 Å². The van der Waals surface area contributed by atoms with Crippen LogP contribution in [-0.2, 0) is 6.18 Å². The average molecular weight is 479 g/mol. The molecule has 1 aliphatic rings. The molecule has 2 aromatic carbocycles. The van der Waals surface area contributed by atoms with E-state index in [9.17, 15) is 27.9 Å². The number of phenolic OH excluding ortho intramolecular Hbond substituents is 1. The summed E-state index contributed by atoms with van der Waals surface area (Å²) in [5.74, 6) is -1.40. The Bertz CT molecular complexity index is 1200. The summed E-state index contributed by atoms with van der Waals surface area (Å²) >= 11 is 5.90. The van der Waals surface area contributed by atoms with E-state index in [1.54, 1.807) is 12.1 Å². The quantitative estimate of drug-likeness (QED) is 0.620. The molecule has 0 spiro atoms. The second-order valence-corrected chi connectivity index (χ2v) is 7.83. The van der Waals surface area contributed by atoms with E-state index in [2.05, 4.69) is 5.10 Å². The number of nitrogens with zero attached hydrogens (tertiary/aromatic N) is 4. The highest BCUT2D eigenvalue weighted by atomic mass is 35.5. The number of para-hydroxylation sites is 1. The van der Waals surface area contributed by atoms with E-state index in [4.69, 9.17) is 11.6 Å². The molecule has 3 aromatic rings. The highest BCUT2D eigenvalue weighted by molar-refractivity contribution is 6.30. The SMILES string of the molecule is O=C(c1ccccc1O)N1CCN(C(=O)c2cnn(-c3cccc(Cl)c3)c2C(F)(F)F)CC1. The Morgan fingerprint density at radius 2 is 1.52 bits per heavy atom. The Labute approximate surface area is 191 Å². The molecule has 1 aromatic heterocycles. The number of piperazine rings is 1. The van der Waals surface area contributed by atoms with Gasteiger partial charge >= 0.3 is 6.18 Å². The zero-order valence-electron chi connectivity index (χ0n) is 17.1. The van der Waals surface area contributed by atoms with Gasteiger partial charge in [0.25, 0.3) is 11.8 Å². The summed E-state index contributed by atoms with van der Waals surface area (Å²) in [4.78, 5) is 28.3. The van der Waals surface area contributed by atoms with Crippen molar-refractivity contribution in [2.45, 2.75) is 6.18 Å². The molecule has 0 radical (unpaired) electrons. The number of aromatic hydroxyl groups is 1. The Morgan fingerprint density at radius 3 is 2.09 bits per heavy atom. The number of alkyl halides is 3. The Kier molecular flexibility index (Phi) is 6.03. The van der Waals surface area contributed by atoms with Gasteiger partial charge in [0.1, 0.15) is 5.75 Å². The van der Waals surface area contributed by atoms with E-state index < -0.39 is 29.2 Å². The molecule has 1 aliphatic heterocycles. The van der Waals surface area contributed by atoms with Crippen molar-refractivity contribution in [2.75, 3.05) is 26.2 Å². The number of carbonyl (C=O) groups excluding carboxylic acids is 2. The number of halogens is 4. The molecule has 2 amide bonds. The van der Waals surface area contributed by atoms with Gasteiger partial charge in [-0.3, -0.25) is 9.59 Å². The number of hydrogen-bond donors (Lipinski definition) is 1. The molecule has 0 bridgehead atoms. The fourth-order valence-corrected chi connectivity index (χ4v) is 3.87. The Hall–Kier alpha value is -3.53. The van der Waals surface area contributed by atoms with Crippen molar-refractivity contribution < 1.29 is 27.9 Å². The third-order valence-electron chi connectivity index (χ3n) is 5.31. The lowest BCUT2D eigenvalue weighted by atomic mass is 10.1. The normalized spacial score (nSPS) is 14.4. The summed E-state index contributed by atoms with van der Waals surface area (Å²) < 4.78 is 42.4. The van der Waals surface area contributed by atoms with Gasteiger partial charge in [-0.25, -0.2) is 4.68 Å². The maximum atomic E-state index is 13.9. The molecule has 1 saturated heterocycles. The molecule has 0 unspecified atom stereocenters. The molecule has 1 fully saturated rings. The van der Waals surface area contributed by atoms with Crippen molar-refractivity contribution in [2.24, 2.45) is 0 Å². The maximum Gasteiger partial charge on any atom is 0.434 e. The molecule has 172 valence electrons. The van der Waals surface area contributed by atoms with Gasteiger partial charge in [0.05, 0.1) is 23.0 Å². The number of phenols is 1. The molecule has 33 heavy (non-hydrogen) atoms. The van der Waals surface area contributed by atoms with Gasteiger partial charge in [-0.2, -0.15) is 18.3 Å². The molecule has 11 heteroatoms. The molecular formula is C22H18ClF3N4O3. The van der Waals surface area contributed by atoms with Crippen LogP contribution in [0.4, 0.5) is 13.2 Å². The zero-order chi connectivity index (χ0) is 23.8. The number of benzene rings is 2. The summed E-state index contributed by atoms with van der Waals surface area (Å²) in [5, 5.41) is 13.9. The highest BCUT2D eigenvalue weighted by Gasteiger charge is 2.42. The summed E-state index contributed by atoms with van der Waals surface area (Å²) in [6.45, 7) is 0.307. The second kappa shape index (κ2) is 8.78. The number of rotatable bonds is 3. The fraction of sp³-hybridized carbons (Fsp3) is 0.227. The van der Waals surface area contributed by atoms with Crippen LogP contribution >= 0.6 is 11.6 Å². The topological polar surface area (TPSA) is 78.7 Å². The van der Waals surface area contributed by atoms with Crippen molar-refractivity contribution in [1.29, 1.82) is 0 Å². The van der Waals surface area contributed by atoms with Crippen LogP contribution in [0.1, 0.15) is 26.4 Å². The molecule has 4 rings (SSSR count). The molecule has 2 heterocycles. The molecule has 7 nitrogen and oxygen atoms in total. The van der Waals surface area contributed by atoms with Crippen molar-refractivity contribution in [1.82, 2.24) is 19.6 Å². The summed E-state index contributed by atoms with van der Waals surface area (Å²) in [6, 6.07) is 11.8. The van der Waals surface area contributed by atoms with Crippen molar-refractivity contribution in [3.05, 3.63) is 76.6 Å². The number of carbonyl (C=O) groups is 2. The predicted molar refractivity (Wildman–Crippen MR) is 113 cm³/mol. The first-order valence-electron chi connectivity index (χ1n) is 9.94. The van der Waals surface area contributed by atoms with Crippen molar-refractivity contribution >= 4 is 23.4 Å². The summed E-state index contributed by atoms with van der Waals surface area (Å²) in [7, 11) is 0. The van der Waals surface area contributed by atoms with Gasteiger partial charge in [0.2, 0.25) is 0 Å². The van der Waals surface area contributed by atoms with E-state index >= 15 is 0 Å². The van der Waals surface area contributed by atoms with Crippen molar-refractivity contribution in [3.63, 3.8) is 0 Å². The smallest absolute Gasteiger partial charge is 0.434 e. The standard InChI is InChI=1S/C22H18ClF3N4O3/c23-14-4-3-5-15(12-14)30-19(22(24,25)26)17(13-27-30)21(33)29-10-8-28(9-11-29)20(32)16-6-1-2-7-18(16)31/h1-7,12-13,31H,8-11H2. The first-order valence-corrected chi connectivity index (χ1v) is 10.3. The summed E-state index contributed by atoms with van der Waals surface area (Å²) in [6.07, 6.45) is -3.95. The second-order valence-electron chi connectivity index (χ2n) is 7.40. The Balaban J connectivity index is 1.55. The summed E-state index contributed by atoms with van der Waals surface area (Å²) in [5.41, 5.74) is -1.57. The third-order valence-corrected chi connectivity index (χ3v) is 5.54. The molecule has 1 N–H and O–H groups in total. The monoisotopic (exact) mass is 478 g/mol. The molecule has 0 aliphatic carbocycles. The third kappa shape index (κ3) is 4.51. The molecule has 0 atom stereocenters. The van der Waals surface area contributed by atoms with Crippen LogP contribution in [0.25, 0.3) is 5.69 Å². The number of amides is 2. The van der Waals surface area contributed by atoms with Gasteiger partial charge in [-0.05, 0) is 30.3 Å². The maximum absolute atomic E-state index is 13.9. The lowest BCUT2D eigenvalue weighted by Crippen LogP contribution is -2.50. The van der Waals surface area contributed by atoms with Gasteiger partial charge in [0, 0.05) is 31.2 Å². The van der Waals surface area contributed by atoms with E-state index in [0.29, 0.717) is 4.68 Å². The van der Waals surface area contributed by atoms with Gasteiger partial charge in [0.15, 0.2) is 5.69 Å². The minimum absolute atomic E-state index is 0.0395. The van der Waals surface area contributed by atoms with Gasteiger partial charge < -0.3 is 14.9 Å². The van der Waals surface area contributed by atoms with E-state index in [1.807, 2.05) is 0 Å². The van der Waals surface area contributed by atoms with E-state index in [1.165, 1.54) is 46.2 Å². The van der Waals surface area contributed by atoms with Crippen LogP contribution in [0.2, 0.25) is 5.02 Å². The van der Waals surface area contributed by atoms with Crippen molar-refractivity contribution in [3.8, 4) is 11.4 Å². The van der Waals surface area contributed by atoms with E-state index in [0.717, 1.165) is 6.20 Å². The predicted octanol–water partition coefficient (Wildman–Crippen LogP) is 3.85. The first-order chi connectivity index (χ1) is 15.7. The number of hydrogen-bond acceptors (Lipinski definition) is 4. The zero-order valence-corrected chi connectivity index (χ0v) is 17.8. The largest absolute Gasteiger partial charge is 0.507 e. The minimum atomic E-state index is -4.84. The van der Waals surface area contributed by atoms with E-state index in [-0.39, 0.29) is 48.2 Å². The lowest BCUT2D eigenvalue weighted by Gasteiger charge is -2.35. The van der Waals surface area contributed by atoms with Gasteiger partial charge in [-0.15, -0.1) is 0 Å². The first kappa shape index (κ1) is 22.7. The fourth-order valence-electron chi connectivity index (χ4n) is 3.69. The average Bonchev–Trinajstić information content (AvgIpc) is 3.25. The molecule has 0 saturated carbocycles.